The maximum absolute atomic E-state index is 13.3. The van der Waals surface area contributed by atoms with Gasteiger partial charge in [-0.1, -0.05) is 94.4 Å². The smallest absolute Gasteiger partial charge is 0.410 e. The molecule has 0 spiro atoms. The van der Waals surface area contributed by atoms with Gasteiger partial charge in [-0.2, -0.15) is 0 Å². The molecule has 7 heteroatoms. The van der Waals surface area contributed by atoms with Crippen molar-refractivity contribution in [2.45, 2.75) is 104 Å². The highest BCUT2D eigenvalue weighted by atomic mass is 28.4. The molecule has 0 heterocycles. The van der Waals surface area contributed by atoms with Crippen molar-refractivity contribution in [1.82, 2.24) is 4.90 Å². The zero-order chi connectivity index (χ0) is 33.3. The first-order valence-corrected chi connectivity index (χ1v) is 18.6. The van der Waals surface area contributed by atoms with Gasteiger partial charge in [-0.3, -0.25) is 4.79 Å². The van der Waals surface area contributed by atoms with Crippen LogP contribution in [0.1, 0.15) is 87.0 Å². The number of allylic oxidation sites excluding steroid dienone is 1. The largest absolute Gasteiger partial charge is 0.444 e. The van der Waals surface area contributed by atoms with E-state index >= 15 is 0 Å². The molecule has 248 valence electrons. The number of hydrogen-bond acceptors (Lipinski definition) is 5. The SMILES string of the molecule is C=CC[C@@H]1C[C@@H](C)CC(=O)[C@H]1C(O)CCCN(CCCO[Si](c1ccccc1)(c1ccccc1)C(C)(C)C)C(=O)OC(C)(C)C. The zero-order valence-electron chi connectivity index (χ0n) is 28.8. The topological polar surface area (TPSA) is 76.1 Å². The molecule has 2 aromatic carbocycles. The first-order valence-electron chi connectivity index (χ1n) is 16.7. The fraction of sp³-hybridized carbons (Fsp3) is 0.579. The Balaban J connectivity index is 1.72. The summed E-state index contributed by atoms with van der Waals surface area (Å²) in [7, 11) is -2.68. The van der Waals surface area contributed by atoms with Crippen molar-refractivity contribution in [2.24, 2.45) is 17.8 Å². The molecule has 1 unspecified atom stereocenters. The van der Waals surface area contributed by atoms with Gasteiger partial charge in [0.1, 0.15) is 11.4 Å². The van der Waals surface area contributed by atoms with Crippen LogP contribution in [0.4, 0.5) is 4.79 Å². The molecule has 0 aliphatic heterocycles. The van der Waals surface area contributed by atoms with E-state index in [4.69, 9.17) is 9.16 Å². The van der Waals surface area contributed by atoms with Gasteiger partial charge >= 0.3 is 6.09 Å². The molecule has 1 N–H and O–H groups in total. The number of benzene rings is 2. The highest BCUT2D eigenvalue weighted by molar-refractivity contribution is 6.99. The van der Waals surface area contributed by atoms with Gasteiger partial charge in [-0.15, -0.1) is 6.58 Å². The molecule has 1 fully saturated rings. The number of carbonyl (C=O) groups excluding carboxylic acids is 2. The van der Waals surface area contributed by atoms with Gasteiger partial charge < -0.3 is 19.2 Å². The number of ether oxygens (including phenoxy) is 1. The number of nitrogens with zero attached hydrogens (tertiary/aromatic N) is 1. The number of carbonyl (C=O) groups is 2. The number of amides is 1. The van der Waals surface area contributed by atoms with Crippen LogP contribution in [0.5, 0.6) is 0 Å². The lowest BCUT2D eigenvalue weighted by molar-refractivity contribution is -0.133. The van der Waals surface area contributed by atoms with E-state index in [0.29, 0.717) is 51.3 Å². The summed E-state index contributed by atoms with van der Waals surface area (Å²) < 4.78 is 12.8. The normalized spacial score (nSPS) is 20.0. The minimum atomic E-state index is -2.68. The van der Waals surface area contributed by atoms with Gasteiger partial charge in [0.15, 0.2) is 0 Å². The van der Waals surface area contributed by atoms with Crippen molar-refractivity contribution >= 4 is 30.6 Å². The van der Waals surface area contributed by atoms with Crippen molar-refractivity contribution in [3.63, 3.8) is 0 Å². The molecule has 1 aliphatic rings. The van der Waals surface area contributed by atoms with E-state index in [1.165, 1.54) is 10.4 Å². The molecule has 0 saturated heterocycles. The number of hydrogen-bond donors (Lipinski definition) is 1. The van der Waals surface area contributed by atoms with Gasteiger partial charge in [0.05, 0.1) is 6.10 Å². The Labute approximate surface area is 273 Å². The second-order valence-corrected chi connectivity index (χ2v) is 19.2. The Bertz CT molecular complexity index is 1180. The monoisotopic (exact) mass is 635 g/mol. The molecule has 0 aromatic heterocycles. The summed E-state index contributed by atoms with van der Waals surface area (Å²) in [6.07, 6.45) is 4.61. The van der Waals surface area contributed by atoms with E-state index < -0.39 is 20.0 Å². The Morgan fingerprint density at radius 3 is 2.07 bits per heavy atom. The minimum Gasteiger partial charge on any atom is -0.444 e. The van der Waals surface area contributed by atoms with Crippen LogP contribution in [0.15, 0.2) is 73.3 Å². The van der Waals surface area contributed by atoms with Gasteiger partial charge in [-0.25, -0.2) is 4.79 Å². The fourth-order valence-electron chi connectivity index (χ4n) is 7.01. The molecule has 6 nitrogen and oxygen atoms in total. The maximum Gasteiger partial charge on any atom is 0.410 e. The van der Waals surface area contributed by atoms with Gasteiger partial charge in [0, 0.05) is 32.0 Å². The third-order valence-electron chi connectivity index (χ3n) is 8.91. The Morgan fingerprint density at radius 1 is 1.00 bits per heavy atom. The second kappa shape index (κ2) is 16.2. The molecule has 45 heavy (non-hydrogen) atoms. The Morgan fingerprint density at radius 2 is 1.56 bits per heavy atom. The third kappa shape index (κ3) is 9.87. The van der Waals surface area contributed by atoms with Crippen LogP contribution in [0.3, 0.4) is 0 Å². The standard InChI is InChI=1S/C38H57NO5Si/c1-9-18-30-27-29(2)28-34(41)35(30)33(40)23-16-24-39(36(42)44-37(3,4)5)25-17-26-43-45(38(6,7)8,31-19-12-10-13-20-31)32-21-14-11-15-22-32/h9-15,19-22,29-30,33,35,40H,1,16-18,23-28H2,2-8H3/t29-,30-,33?,35-/m1/s1. The summed E-state index contributed by atoms with van der Waals surface area (Å²) >= 11 is 0. The Hall–Kier alpha value is -2.74. The van der Waals surface area contributed by atoms with E-state index in [2.05, 4.69) is 82.8 Å². The van der Waals surface area contributed by atoms with Crippen molar-refractivity contribution in [2.75, 3.05) is 19.7 Å². The average Bonchev–Trinajstić information content (AvgIpc) is 2.95. The van der Waals surface area contributed by atoms with Crippen LogP contribution in [0.2, 0.25) is 5.04 Å². The zero-order valence-corrected chi connectivity index (χ0v) is 29.8. The molecule has 2 aromatic rings. The average molecular weight is 636 g/mol. The third-order valence-corrected chi connectivity index (χ3v) is 13.9. The number of aliphatic hydroxyl groups excluding tert-OH is 1. The van der Waals surface area contributed by atoms with E-state index in [9.17, 15) is 14.7 Å². The molecule has 0 radical (unpaired) electrons. The van der Waals surface area contributed by atoms with Crippen LogP contribution in [0, 0.1) is 17.8 Å². The fourth-order valence-corrected chi connectivity index (χ4v) is 11.6. The number of rotatable bonds is 14. The number of Topliss-reactive ketones (excluding diaryl/α,β-unsaturated/α-hetero) is 1. The van der Waals surface area contributed by atoms with E-state index in [1.54, 1.807) is 4.90 Å². The molecule has 3 rings (SSSR count). The summed E-state index contributed by atoms with van der Waals surface area (Å²) in [5, 5.41) is 13.5. The van der Waals surface area contributed by atoms with Crippen molar-refractivity contribution in [1.29, 1.82) is 0 Å². The van der Waals surface area contributed by atoms with E-state index in [1.807, 2.05) is 39.0 Å². The lowest BCUT2D eigenvalue weighted by Gasteiger charge is -2.43. The summed E-state index contributed by atoms with van der Waals surface area (Å²) in [4.78, 5) is 28.0. The summed E-state index contributed by atoms with van der Waals surface area (Å²) in [6.45, 7) is 19.8. The molecule has 1 amide bonds. The van der Waals surface area contributed by atoms with Crippen LogP contribution < -0.4 is 10.4 Å². The van der Waals surface area contributed by atoms with Crippen molar-refractivity contribution in [3.05, 3.63) is 73.3 Å². The van der Waals surface area contributed by atoms with Gasteiger partial charge in [0.25, 0.3) is 8.32 Å². The maximum atomic E-state index is 13.3. The molecule has 1 saturated carbocycles. The molecular weight excluding hydrogens is 579 g/mol. The second-order valence-electron chi connectivity index (χ2n) is 14.9. The number of aliphatic hydroxyl groups is 1. The van der Waals surface area contributed by atoms with Crippen molar-refractivity contribution < 1.29 is 23.9 Å². The van der Waals surface area contributed by atoms with E-state index in [-0.39, 0.29) is 28.8 Å². The van der Waals surface area contributed by atoms with Crippen LogP contribution in [-0.2, 0) is 14.0 Å². The van der Waals surface area contributed by atoms with E-state index in [0.717, 1.165) is 12.8 Å². The first-order chi connectivity index (χ1) is 21.2. The predicted octanol–water partition coefficient (Wildman–Crippen LogP) is 7.14. The molecule has 4 atom stereocenters. The Kier molecular flexibility index (Phi) is 13.2. The predicted molar refractivity (Wildman–Crippen MR) is 186 cm³/mol. The summed E-state index contributed by atoms with van der Waals surface area (Å²) in [5.41, 5.74) is -0.622. The van der Waals surface area contributed by atoms with Gasteiger partial charge in [0.2, 0.25) is 0 Å². The van der Waals surface area contributed by atoms with Crippen LogP contribution in [-0.4, -0.2) is 61.6 Å². The van der Waals surface area contributed by atoms with Crippen LogP contribution >= 0.6 is 0 Å². The van der Waals surface area contributed by atoms with Crippen molar-refractivity contribution in [3.8, 4) is 0 Å². The lowest BCUT2D eigenvalue weighted by atomic mass is 9.69. The van der Waals surface area contributed by atoms with Gasteiger partial charge in [-0.05, 0) is 80.1 Å². The number of ketones is 1. The lowest BCUT2D eigenvalue weighted by Crippen LogP contribution is -2.66. The molecular formula is C38H57NO5Si. The highest BCUT2D eigenvalue weighted by Gasteiger charge is 2.50. The summed E-state index contributed by atoms with van der Waals surface area (Å²) in [6, 6.07) is 21.1. The first kappa shape index (κ1) is 36.7. The summed E-state index contributed by atoms with van der Waals surface area (Å²) in [5.74, 6) is 0.237. The molecule has 0 bridgehead atoms. The minimum absolute atomic E-state index is 0.120. The van der Waals surface area contributed by atoms with Crippen LogP contribution in [0.25, 0.3) is 0 Å². The quantitative estimate of drug-likeness (QED) is 0.136. The molecule has 1 aliphatic carbocycles. The highest BCUT2D eigenvalue weighted by Crippen LogP contribution is 2.38.